The normalized spacial score (nSPS) is 17.3. The third-order valence-electron chi connectivity index (χ3n) is 2.78. The number of halogens is 1. The van der Waals surface area contributed by atoms with E-state index in [-0.39, 0.29) is 6.10 Å². The van der Waals surface area contributed by atoms with Crippen molar-refractivity contribution in [1.82, 2.24) is 0 Å². The lowest BCUT2D eigenvalue weighted by Crippen LogP contribution is -2.00. The van der Waals surface area contributed by atoms with E-state index in [0.717, 1.165) is 23.5 Å². The van der Waals surface area contributed by atoms with Crippen molar-refractivity contribution in [1.29, 1.82) is 5.26 Å². The highest BCUT2D eigenvalue weighted by molar-refractivity contribution is 9.10. The Bertz CT molecular complexity index is 612. The van der Waals surface area contributed by atoms with Crippen LogP contribution in [0.2, 0.25) is 0 Å². The molecule has 17 heavy (non-hydrogen) atoms. The van der Waals surface area contributed by atoms with Gasteiger partial charge in [0.05, 0.1) is 11.6 Å². The Morgan fingerprint density at radius 1 is 1.29 bits per heavy atom. The van der Waals surface area contributed by atoms with E-state index >= 15 is 0 Å². The fourth-order valence-electron chi connectivity index (χ4n) is 1.98. The summed E-state index contributed by atoms with van der Waals surface area (Å²) in [6, 6.07) is 11.3. The van der Waals surface area contributed by atoms with Crippen molar-refractivity contribution in [2.45, 2.75) is 12.5 Å². The molecule has 0 saturated carbocycles. The van der Waals surface area contributed by atoms with E-state index in [2.05, 4.69) is 22.0 Å². The molecule has 0 aliphatic carbocycles. The lowest BCUT2D eigenvalue weighted by Gasteiger charge is -2.06. The number of benzene rings is 1. The van der Waals surface area contributed by atoms with Gasteiger partial charge in [0.1, 0.15) is 11.5 Å². The summed E-state index contributed by atoms with van der Waals surface area (Å²) in [7, 11) is 0. The summed E-state index contributed by atoms with van der Waals surface area (Å²) in [6.45, 7) is 0. The van der Waals surface area contributed by atoms with Crippen molar-refractivity contribution < 1.29 is 9.15 Å². The van der Waals surface area contributed by atoms with Gasteiger partial charge in [0.15, 0.2) is 10.8 Å². The molecule has 0 fully saturated rings. The van der Waals surface area contributed by atoms with Gasteiger partial charge in [0.25, 0.3) is 0 Å². The second-order valence-electron chi connectivity index (χ2n) is 3.89. The lowest BCUT2D eigenvalue weighted by molar-refractivity contribution is 0.203. The zero-order valence-electron chi connectivity index (χ0n) is 8.81. The smallest absolute Gasteiger partial charge is 0.169 e. The van der Waals surface area contributed by atoms with Crippen LogP contribution in [0, 0.1) is 11.3 Å². The maximum atomic E-state index is 8.84. The summed E-state index contributed by atoms with van der Waals surface area (Å²) in [5, 5.41) is 8.84. The van der Waals surface area contributed by atoms with E-state index in [1.165, 1.54) is 0 Å². The summed E-state index contributed by atoms with van der Waals surface area (Å²) in [6.07, 6.45) is 0.649. The summed E-state index contributed by atoms with van der Waals surface area (Å²) in [5.41, 5.74) is 1.72. The van der Waals surface area contributed by atoms with E-state index in [1.807, 2.05) is 24.3 Å². The van der Waals surface area contributed by atoms with E-state index in [9.17, 15) is 0 Å². The molecule has 4 heteroatoms. The van der Waals surface area contributed by atoms with Crippen LogP contribution in [-0.2, 0) is 6.42 Å². The molecule has 1 aliphatic rings. The first-order chi connectivity index (χ1) is 8.26. The van der Waals surface area contributed by atoms with Gasteiger partial charge in [0, 0.05) is 6.42 Å². The molecule has 3 rings (SSSR count). The monoisotopic (exact) mass is 289 g/mol. The molecular formula is C13H8BrNO2. The van der Waals surface area contributed by atoms with Gasteiger partial charge in [-0.05, 0) is 51.8 Å². The molecule has 1 aromatic heterocycles. The summed E-state index contributed by atoms with van der Waals surface area (Å²) < 4.78 is 12.0. The zero-order valence-corrected chi connectivity index (χ0v) is 10.4. The first-order valence-corrected chi connectivity index (χ1v) is 6.00. The molecule has 0 spiro atoms. The van der Waals surface area contributed by atoms with E-state index in [4.69, 9.17) is 14.4 Å². The predicted molar refractivity (Wildman–Crippen MR) is 64.6 cm³/mol. The Morgan fingerprint density at radius 2 is 2.18 bits per heavy atom. The van der Waals surface area contributed by atoms with Crippen LogP contribution in [0.5, 0.6) is 5.75 Å². The predicted octanol–water partition coefficient (Wildman–Crippen LogP) is 3.59. The average molecular weight is 290 g/mol. The van der Waals surface area contributed by atoms with Gasteiger partial charge in [0.2, 0.25) is 0 Å². The number of rotatable bonds is 1. The number of ether oxygens (including phenoxy) is 1. The lowest BCUT2D eigenvalue weighted by atomic mass is 10.1. The Kier molecular flexibility index (Phi) is 2.41. The quantitative estimate of drug-likeness (QED) is 0.806. The Labute approximate surface area is 107 Å². The van der Waals surface area contributed by atoms with Crippen LogP contribution in [0.3, 0.4) is 0 Å². The summed E-state index contributed by atoms with van der Waals surface area (Å²) >= 11 is 3.27. The molecule has 2 aromatic rings. The third kappa shape index (κ3) is 1.83. The van der Waals surface area contributed by atoms with Crippen LogP contribution in [0.1, 0.15) is 23.0 Å². The van der Waals surface area contributed by atoms with Crippen LogP contribution in [0.15, 0.2) is 39.4 Å². The van der Waals surface area contributed by atoms with Crippen LogP contribution >= 0.6 is 15.9 Å². The third-order valence-corrected chi connectivity index (χ3v) is 3.20. The van der Waals surface area contributed by atoms with E-state index in [1.54, 1.807) is 6.07 Å². The molecule has 3 nitrogen and oxygen atoms in total. The van der Waals surface area contributed by atoms with Gasteiger partial charge < -0.3 is 9.15 Å². The summed E-state index contributed by atoms with van der Waals surface area (Å²) in [4.78, 5) is 0. The Balaban J connectivity index is 1.90. The molecular weight excluding hydrogens is 282 g/mol. The first kappa shape index (κ1) is 10.4. The average Bonchev–Trinajstić information content (AvgIpc) is 2.93. The highest BCUT2D eigenvalue weighted by Crippen LogP contribution is 2.37. The van der Waals surface area contributed by atoms with E-state index in [0.29, 0.717) is 10.2 Å². The largest absolute Gasteiger partial charge is 0.482 e. The highest BCUT2D eigenvalue weighted by atomic mass is 79.9. The number of fused-ring (bicyclic) bond motifs is 1. The molecule has 0 radical (unpaired) electrons. The standard InChI is InChI=1S/C13H8BrNO2/c14-13-4-3-11(17-13)12-6-9-5-8(7-15)1-2-10(9)16-12/h1-5,12H,6H2. The van der Waals surface area contributed by atoms with Gasteiger partial charge in [-0.3, -0.25) is 0 Å². The van der Waals surface area contributed by atoms with Crippen molar-refractivity contribution >= 4 is 15.9 Å². The van der Waals surface area contributed by atoms with Crippen LogP contribution in [0.4, 0.5) is 0 Å². The fourth-order valence-corrected chi connectivity index (χ4v) is 2.30. The van der Waals surface area contributed by atoms with Crippen LogP contribution in [0.25, 0.3) is 0 Å². The topological polar surface area (TPSA) is 46.2 Å². The van der Waals surface area contributed by atoms with Crippen LogP contribution < -0.4 is 4.74 Å². The molecule has 84 valence electrons. The molecule has 0 amide bonds. The molecule has 0 bridgehead atoms. The zero-order chi connectivity index (χ0) is 11.8. The molecule has 1 aliphatic heterocycles. The maximum absolute atomic E-state index is 8.84. The van der Waals surface area contributed by atoms with Crippen molar-refractivity contribution in [2.24, 2.45) is 0 Å². The first-order valence-electron chi connectivity index (χ1n) is 5.21. The maximum Gasteiger partial charge on any atom is 0.169 e. The van der Waals surface area contributed by atoms with Gasteiger partial charge in [-0.1, -0.05) is 0 Å². The Morgan fingerprint density at radius 3 is 2.88 bits per heavy atom. The van der Waals surface area contributed by atoms with Crippen molar-refractivity contribution in [3.05, 3.63) is 51.9 Å². The minimum absolute atomic E-state index is 0.0924. The van der Waals surface area contributed by atoms with Gasteiger partial charge in [-0.25, -0.2) is 0 Å². The van der Waals surface area contributed by atoms with Crippen molar-refractivity contribution in [2.75, 3.05) is 0 Å². The fraction of sp³-hybridized carbons (Fsp3) is 0.154. The molecule has 0 saturated heterocycles. The highest BCUT2D eigenvalue weighted by Gasteiger charge is 2.26. The van der Waals surface area contributed by atoms with Crippen molar-refractivity contribution in [3.8, 4) is 11.8 Å². The number of nitriles is 1. The molecule has 1 unspecified atom stereocenters. The number of nitrogens with zero attached hydrogens (tertiary/aromatic N) is 1. The second kappa shape index (κ2) is 3.94. The molecule has 2 heterocycles. The molecule has 1 atom stereocenters. The van der Waals surface area contributed by atoms with Gasteiger partial charge in [-0.15, -0.1) is 0 Å². The minimum atomic E-state index is -0.0924. The number of hydrogen-bond acceptors (Lipinski definition) is 3. The molecule has 1 aromatic carbocycles. The van der Waals surface area contributed by atoms with Crippen molar-refractivity contribution in [3.63, 3.8) is 0 Å². The van der Waals surface area contributed by atoms with Gasteiger partial charge in [-0.2, -0.15) is 5.26 Å². The second-order valence-corrected chi connectivity index (χ2v) is 4.67. The number of furan rings is 1. The van der Waals surface area contributed by atoms with E-state index < -0.39 is 0 Å². The van der Waals surface area contributed by atoms with Gasteiger partial charge >= 0.3 is 0 Å². The number of hydrogen-bond donors (Lipinski definition) is 0. The summed E-state index contributed by atoms with van der Waals surface area (Å²) in [5.74, 6) is 1.63. The van der Waals surface area contributed by atoms with Crippen LogP contribution in [-0.4, -0.2) is 0 Å². The minimum Gasteiger partial charge on any atom is -0.482 e. The Hall–Kier alpha value is -1.73. The SMILES string of the molecule is N#Cc1ccc2c(c1)CC(c1ccc(Br)o1)O2. The molecule has 0 N–H and O–H groups in total.